The zero-order valence-corrected chi connectivity index (χ0v) is 12.2. The van der Waals surface area contributed by atoms with Crippen LogP contribution in [0.15, 0.2) is 18.2 Å². The molecule has 108 valence electrons. The van der Waals surface area contributed by atoms with Gasteiger partial charge >= 0.3 is 0 Å². The molecule has 19 heavy (non-hydrogen) atoms. The van der Waals surface area contributed by atoms with E-state index in [2.05, 4.69) is 11.4 Å². The fourth-order valence-corrected chi connectivity index (χ4v) is 1.78. The fourth-order valence-electron chi connectivity index (χ4n) is 1.78. The lowest BCUT2D eigenvalue weighted by Crippen LogP contribution is -2.16. The SMILES string of the molecule is CCOCCCNCc1ccc(OC)c(OCC)c1. The smallest absolute Gasteiger partial charge is 0.161 e. The van der Waals surface area contributed by atoms with Crippen molar-refractivity contribution in [3.8, 4) is 11.5 Å². The molecule has 0 radical (unpaired) electrons. The monoisotopic (exact) mass is 267 g/mol. The molecule has 0 saturated carbocycles. The Balaban J connectivity index is 2.39. The van der Waals surface area contributed by atoms with Crippen molar-refractivity contribution in [2.24, 2.45) is 0 Å². The van der Waals surface area contributed by atoms with Crippen LogP contribution < -0.4 is 14.8 Å². The van der Waals surface area contributed by atoms with Gasteiger partial charge in [-0.05, 0) is 44.5 Å². The van der Waals surface area contributed by atoms with Gasteiger partial charge in [0.15, 0.2) is 11.5 Å². The van der Waals surface area contributed by atoms with Gasteiger partial charge in [0.2, 0.25) is 0 Å². The van der Waals surface area contributed by atoms with Crippen LogP contribution in [-0.2, 0) is 11.3 Å². The van der Waals surface area contributed by atoms with Crippen LogP contribution in [0.25, 0.3) is 0 Å². The molecule has 0 amide bonds. The molecule has 0 heterocycles. The van der Waals surface area contributed by atoms with E-state index in [0.29, 0.717) is 6.61 Å². The summed E-state index contributed by atoms with van der Waals surface area (Å²) < 4.78 is 16.1. The summed E-state index contributed by atoms with van der Waals surface area (Å²) >= 11 is 0. The van der Waals surface area contributed by atoms with Crippen molar-refractivity contribution in [2.75, 3.05) is 33.5 Å². The third kappa shape index (κ3) is 5.94. The number of hydrogen-bond acceptors (Lipinski definition) is 4. The second-order valence-corrected chi connectivity index (χ2v) is 4.15. The van der Waals surface area contributed by atoms with Gasteiger partial charge < -0.3 is 19.5 Å². The largest absolute Gasteiger partial charge is 0.493 e. The Morgan fingerprint density at radius 3 is 2.63 bits per heavy atom. The molecule has 0 aliphatic heterocycles. The van der Waals surface area contributed by atoms with Crippen molar-refractivity contribution in [3.05, 3.63) is 23.8 Å². The molecule has 1 aromatic carbocycles. The lowest BCUT2D eigenvalue weighted by molar-refractivity contribution is 0.144. The molecule has 0 unspecified atom stereocenters. The first-order chi connectivity index (χ1) is 9.31. The van der Waals surface area contributed by atoms with Crippen molar-refractivity contribution in [1.82, 2.24) is 5.32 Å². The molecule has 0 aliphatic carbocycles. The molecule has 0 saturated heterocycles. The summed E-state index contributed by atoms with van der Waals surface area (Å²) in [7, 11) is 1.66. The van der Waals surface area contributed by atoms with Crippen LogP contribution in [0.3, 0.4) is 0 Å². The molecule has 0 spiro atoms. The molecule has 0 bridgehead atoms. The van der Waals surface area contributed by atoms with Crippen LogP contribution in [-0.4, -0.2) is 33.5 Å². The summed E-state index contributed by atoms with van der Waals surface area (Å²) in [4.78, 5) is 0. The summed E-state index contributed by atoms with van der Waals surface area (Å²) in [5, 5.41) is 3.39. The number of benzene rings is 1. The normalized spacial score (nSPS) is 10.5. The summed E-state index contributed by atoms with van der Waals surface area (Å²) in [6.07, 6.45) is 1.03. The first kappa shape index (κ1) is 15.8. The third-order valence-electron chi connectivity index (χ3n) is 2.70. The van der Waals surface area contributed by atoms with Gasteiger partial charge in [-0.2, -0.15) is 0 Å². The minimum atomic E-state index is 0.640. The predicted octanol–water partition coefficient (Wildman–Crippen LogP) is 2.61. The topological polar surface area (TPSA) is 39.7 Å². The van der Waals surface area contributed by atoms with Gasteiger partial charge in [-0.3, -0.25) is 0 Å². The Hall–Kier alpha value is -1.26. The van der Waals surface area contributed by atoms with E-state index in [1.807, 2.05) is 26.0 Å². The lowest BCUT2D eigenvalue weighted by atomic mass is 10.2. The Bertz CT molecular complexity index is 355. The second kappa shape index (κ2) is 9.64. The van der Waals surface area contributed by atoms with E-state index in [4.69, 9.17) is 14.2 Å². The summed E-state index contributed by atoms with van der Waals surface area (Å²) in [6, 6.07) is 6.02. The van der Waals surface area contributed by atoms with Crippen LogP contribution in [0.4, 0.5) is 0 Å². The maximum atomic E-state index is 5.56. The van der Waals surface area contributed by atoms with Crippen molar-refractivity contribution in [3.63, 3.8) is 0 Å². The highest BCUT2D eigenvalue weighted by atomic mass is 16.5. The quantitative estimate of drug-likeness (QED) is 0.661. The van der Waals surface area contributed by atoms with Gasteiger partial charge in [0, 0.05) is 19.8 Å². The minimum absolute atomic E-state index is 0.640. The van der Waals surface area contributed by atoms with Gasteiger partial charge in [-0.25, -0.2) is 0 Å². The Morgan fingerprint density at radius 2 is 1.95 bits per heavy atom. The van der Waals surface area contributed by atoms with E-state index >= 15 is 0 Å². The number of rotatable bonds is 10. The van der Waals surface area contributed by atoms with Gasteiger partial charge in [0.05, 0.1) is 13.7 Å². The van der Waals surface area contributed by atoms with Gasteiger partial charge in [-0.15, -0.1) is 0 Å². The van der Waals surface area contributed by atoms with Crippen molar-refractivity contribution in [2.45, 2.75) is 26.8 Å². The highest BCUT2D eigenvalue weighted by molar-refractivity contribution is 5.42. The van der Waals surface area contributed by atoms with Crippen LogP contribution in [0.5, 0.6) is 11.5 Å². The standard InChI is InChI=1S/C15H25NO3/c1-4-18-10-6-9-16-12-13-7-8-14(17-3)15(11-13)19-5-2/h7-8,11,16H,4-6,9-10,12H2,1-3H3. The van der Waals surface area contributed by atoms with E-state index in [9.17, 15) is 0 Å². The third-order valence-corrected chi connectivity index (χ3v) is 2.70. The molecule has 0 atom stereocenters. The number of ether oxygens (including phenoxy) is 3. The fraction of sp³-hybridized carbons (Fsp3) is 0.600. The Kier molecular flexibility index (Phi) is 8.02. The van der Waals surface area contributed by atoms with Crippen LogP contribution in [0, 0.1) is 0 Å². The number of methoxy groups -OCH3 is 1. The van der Waals surface area contributed by atoms with Crippen LogP contribution in [0.1, 0.15) is 25.8 Å². The summed E-state index contributed by atoms with van der Waals surface area (Å²) in [5.74, 6) is 1.58. The van der Waals surface area contributed by atoms with Crippen molar-refractivity contribution < 1.29 is 14.2 Å². The van der Waals surface area contributed by atoms with E-state index in [1.165, 1.54) is 5.56 Å². The molecule has 4 heteroatoms. The maximum Gasteiger partial charge on any atom is 0.161 e. The zero-order chi connectivity index (χ0) is 13.9. The molecule has 1 aromatic rings. The highest BCUT2D eigenvalue weighted by Crippen LogP contribution is 2.27. The predicted molar refractivity (Wildman–Crippen MR) is 77.0 cm³/mol. The molecule has 1 rings (SSSR count). The minimum Gasteiger partial charge on any atom is -0.493 e. The van der Waals surface area contributed by atoms with E-state index in [0.717, 1.165) is 44.2 Å². The molecule has 0 aliphatic rings. The Morgan fingerprint density at radius 1 is 1.11 bits per heavy atom. The van der Waals surface area contributed by atoms with E-state index < -0.39 is 0 Å². The van der Waals surface area contributed by atoms with E-state index in [-0.39, 0.29) is 0 Å². The second-order valence-electron chi connectivity index (χ2n) is 4.15. The average Bonchev–Trinajstić information content (AvgIpc) is 2.43. The van der Waals surface area contributed by atoms with Crippen molar-refractivity contribution in [1.29, 1.82) is 0 Å². The van der Waals surface area contributed by atoms with Crippen LogP contribution >= 0.6 is 0 Å². The Labute approximate surface area is 116 Å². The molecule has 4 nitrogen and oxygen atoms in total. The molecule has 0 aromatic heterocycles. The zero-order valence-electron chi connectivity index (χ0n) is 12.2. The first-order valence-electron chi connectivity index (χ1n) is 6.90. The van der Waals surface area contributed by atoms with Gasteiger partial charge in [0.25, 0.3) is 0 Å². The average molecular weight is 267 g/mol. The highest BCUT2D eigenvalue weighted by Gasteiger charge is 2.04. The number of hydrogen-bond donors (Lipinski definition) is 1. The lowest BCUT2D eigenvalue weighted by Gasteiger charge is -2.11. The van der Waals surface area contributed by atoms with Crippen LogP contribution in [0.2, 0.25) is 0 Å². The summed E-state index contributed by atoms with van der Waals surface area (Å²) in [6.45, 7) is 8.01. The number of nitrogens with one attached hydrogen (secondary N) is 1. The van der Waals surface area contributed by atoms with Gasteiger partial charge in [0.1, 0.15) is 0 Å². The molecular formula is C15H25NO3. The molecule has 1 N–H and O–H groups in total. The molecular weight excluding hydrogens is 242 g/mol. The summed E-state index contributed by atoms with van der Waals surface area (Å²) in [5.41, 5.74) is 1.20. The van der Waals surface area contributed by atoms with Crippen molar-refractivity contribution >= 4 is 0 Å². The van der Waals surface area contributed by atoms with Gasteiger partial charge in [-0.1, -0.05) is 6.07 Å². The first-order valence-corrected chi connectivity index (χ1v) is 6.90. The maximum absolute atomic E-state index is 5.56. The molecule has 0 fully saturated rings. The van der Waals surface area contributed by atoms with E-state index in [1.54, 1.807) is 7.11 Å².